The zero-order valence-electron chi connectivity index (χ0n) is 15.2. The molecular weight excluding hydrogens is 290 g/mol. The molecule has 1 unspecified atom stereocenters. The van der Waals surface area contributed by atoms with E-state index in [0.29, 0.717) is 13.2 Å². The lowest BCUT2D eigenvalue weighted by Gasteiger charge is -2.46. The molecule has 1 atom stereocenters. The van der Waals surface area contributed by atoms with E-state index >= 15 is 0 Å². The van der Waals surface area contributed by atoms with Crippen LogP contribution in [0.4, 0.5) is 5.69 Å². The van der Waals surface area contributed by atoms with Crippen LogP contribution < -0.4 is 9.64 Å². The summed E-state index contributed by atoms with van der Waals surface area (Å²) in [6, 6.07) is 8.17. The zero-order valence-corrected chi connectivity index (χ0v) is 15.2. The van der Waals surface area contributed by atoms with E-state index < -0.39 is 0 Å². The fraction of sp³-hybridized carbons (Fsp3) is 0.632. The second-order valence-corrected chi connectivity index (χ2v) is 8.16. The number of ether oxygens (including phenoxy) is 2. The van der Waals surface area contributed by atoms with Crippen molar-refractivity contribution in [2.45, 2.75) is 53.1 Å². The van der Waals surface area contributed by atoms with E-state index in [1.807, 2.05) is 39.0 Å². The molecule has 4 nitrogen and oxygen atoms in total. The van der Waals surface area contributed by atoms with Crippen LogP contribution in [0.3, 0.4) is 0 Å². The van der Waals surface area contributed by atoms with Crippen LogP contribution in [-0.4, -0.2) is 37.2 Å². The molecule has 1 aliphatic heterocycles. The Balaban J connectivity index is 2.09. The Kier molecular flexibility index (Phi) is 5.04. The maximum Gasteiger partial charge on any atom is 0.163 e. The van der Waals surface area contributed by atoms with Gasteiger partial charge in [-0.15, -0.1) is 0 Å². The molecule has 0 spiro atoms. The van der Waals surface area contributed by atoms with E-state index in [1.54, 1.807) is 0 Å². The molecule has 1 heterocycles. The van der Waals surface area contributed by atoms with Crippen LogP contribution in [-0.2, 0) is 9.53 Å². The van der Waals surface area contributed by atoms with Gasteiger partial charge in [0.15, 0.2) is 5.78 Å². The lowest BCUT2D eigenvalue weighted by Crippen LogP contribution is -2.55. The largest absolute Gasteiger partial charge is 0.489 e. The number of anilines is 1. The van der Waals surface area contributed by atoms with Gasteiger partial charge in [-0.2, -0.15) is 0 Å². The monoisotopic (exact) mass is 319 g/mol. The van der Waals surface area contributed by atoms with Crippen LogP contribution in [0.1, 0.15) is 41.5 Å². The van der Waals surface area contributed by atoms with Gasteiger partial charge in [0, 0.05) is 11.0 Å². The van der Waals surface area contributed by atoms with Crippen LogP contribution in [0, 0.1) is 5.41 Å². The van der Waals surface area contributed by atoms with Crippen LogP contribution in [0.5, 0.6) is 5.75 Å². The molecule has 128 valence electrons. The quantitative estimate of drug-likeness (QED) is 0.848. The molecule has 4 heteroatoms. The molecule has 0 radical (unpaired) electrons. The Bertz CT molecular complexity index is 554. The van der Waals surface area contributed by atoms with E-state index in [0.717, 1.165) is 11.4 Å². The summed E-state index contributed by atoms with van der Waals surface area (Å²) < 4.78 is 11.6. The van der Waals surface area contributed by atoms with Crippen molar-refractivity contribution in [3.8, 4) is 5.75 Å². The Labute approximate surface area is 139 Å². The molecule has 0 saturated carbocycles. The Morgan fingerprint density at radius 1 is 1.22 bits per heavy atom. The number of carbonyl (C=O) groups is 1. The number of hydrogen-bond donors (Lipinski definition) is 0. The molecule has 0 aliphatic carbocycles. The number of para-hydroxylation sites is 2. The maximum absolute atomic E-state index is 12.0. The summed E-state index contributed by atoms with van der Waals surface area (Å²) in [7, 11) is 0. The number of Topliss-reactive ketones (excluding diaryl/α,β-unsaturated/α-hetero) is 1. The Morgan fingerprint density at radius 3 is 2.48 bits per heavy atom. The molecule has 0 saturated heterocycles. The molecule has 0 aromatic heterocycles. The summed E-state index contributed by atoms with van der Waals surface area (Å²) in [6.07, 6.45) is 0. The van der Waals surface area contributed by atoms with Crippen LogP contribution in [0.2, 0.25) is 0 Å². The summed E-state index contributed by atoms with van der Waals surface area (Å²) >= 11 is 0. The SMILES string of the molecule is CC(C)(C)C(=O)COCC1COc2ccccc2N1C(C)(C)C. The second-order valence-electron chi connectivity index (χ2n) is 8.16. The minimum absolute atomic E-state index is 0.0536. The molecule has 0 amide bonds. The molecule has 0 fully saturated rings. The smallest absolute Gasteiger partial charge is 0.163 e. The molecular formula is C19H29NO3. The van der Waals surface area contributed by atoms with Crippen molar-refractivity contribution in [1.29, 1.82) is 0 Å². The van der Waals surface area contributed by atoms with E-state index in [2.05, 4.69) is 31.7 Å². The zero-order chi connectivity index (χ0) is 17.3. The van der Waals surface area contributed by atoms with Crippen molar-refractivity contribution >= 4 is 11.5 Å². The highest BCUT2D eigenvalue weighted by Crippen LogP contribution is 2.38. The van der Waals surface area contributed by atoms with Gasteiger partial charge in [-0.3, -0.25) is 4.79 Å². The third kappa shape index (κ3) is 4.25. The van der Waals surface area contributed by atoms with Crippen LogP contribution in [0.15, 0.2) is 24.3 Å². The molecule has 0 N–H and O–H groups in total. The van der Waals surface area contributed by atoms with Crippen molar-refractivity contribution in [3.63, 3.8) is 0 Å². The number of carbonyl (C=O) groups excluding carboxylic acids is 1. The van der Waals surface area contributed by atoms with Crippen LogP contribution >= 0.6 is 0 Å². The number of hydrogen-bond acceptors (Lipinski definition) is 4. The third-order valence-electron chi connectivity index (χ3n) is 4.02. The minimum Gasteiger partial charge on any atom is -0.489 e. The van der Waals surface area contributed by atoms with E-state index in [9.17, 15) is 4.79 Å². The lowest BCUT2D eigenvalue weighted by atomic mass is 9.91. The maximum atomic E-state index is 12.0. The van der Waals surface area contributed by atoms with E-state index in [4.69, 9.17) is 9.47 Å². The predicted octanol–water partition coefficient (Wildman–Crippen LogP) is 3.68. The van der Waals surface area contributed by atoms with Gasteiger partial charge in [0.2, 0.25) is 0 Å². The van der Waals surface area contributed by atoms with Gasteiger partial charge in [0.05, 0.1) is 18.3 Å². The number of rotatable bonds is 4. The first-order valence-corrected chi connectivity index (χ1v) is 8.23. The molecule has 2 rings (SSSR count). The topological polar surface area (TPSA) is 38.8 Å². The van der Waals surface area contributed by atoms with Gasteiger partial charge in [0.1, 0.15) is 19.0 Å². The summed E-state index contributed by atoms with van der Waals surface area (Å²) in [4.78, 5) is 14.4. The van der Waals surface area contributed by atoms with Gasteiger partial charge in [-0.05, 0) is 32.9 Å². The van der Waals surface area contributed by atoms with Crippen molar-refractivity contribution in [1.82, 2.24) is 0 Å². The predicted molar refractivity (Wildman–Crippen MR) is 93.2 cm³/mol. The van der Waals surface area contributed by atoms with Gasteiger partial charge in [-0.1, -0.05) is 32.9 Å². The molecule has 23 heavy (non-hydrogen) atoms. The van der Waals surface area contributed by atoms with Gasteiger partial charge >= 0.3 is 0 Å². The van der Waals surface area contributed by atoms with E-state index in [1.165, 1.54) is 0 Å². The summed E-state index contributed by atoms with van der Waals surface area (Å²) in [5.74, 6) is 1.03. The first-order valence-electron chi connectivity index (χ1n) is 8.23. The molecule has 0 bridgehead atoms. The van der Waals surface area contributed by atoms with Crippen molar-refractivity contribution in [2.75, 3.05) is 24.7 Å². The highest BCUT2D eigenvalue weighted by molar-refractivity contribution is 5.84. The summed E-state index contributed by atoms with van der Waals surface area (Å²) in [5, 5.41) is 0. The average molecular weight is 319 g/mol. The lowest BCUT2D eigenvalue weighted by molar-refractivity contribution is -0.131. The van der Waals surface area contributed by atoms with Crippen molar-refractivity contribution in [3.05, 3.63) is 24.3 Å². The standard InChI is InChI=1S/C19H29NO3/c1-18(2,3)17(21)13-22-11-14-12-23-16-10-8-7-9-15(16)20(14)19(4,5)6/h7-10,14H,11-13H2,1-6H3. The Morgan fingerprint density at radius 2 is 1.87 bits per heavy atom. The molecule has 1 aliphatic rings. The number of nitrogens with zero attached hydrogens (tertiary/aromatic N) is 1. The average Bonchev–Trinajstić information content (AvgIpc) is 2.44. The third-order valence-corrected chi connectivity index (χ3v) is 4.02. The second kappa shape index (κ2) is 6.52. The van der Waals surface area contributed by atoms with Gasteiger partial charge in [0.25, 0.3) is 0 Å². The molecule has 1 aromatic rings. The minimum atomic E-state index is -0.362. The first-order chi connectivity index (χ1) is 10.6. The fourth-order valence-electron chi connectivity index (χ4n) is 2.77. The normalized spacial score (nSPS) is 18.3. The first kappa shape index (κ1) is 17.8. The summed E-state index contributed by atoms with van der Waals surface area (Å²) in [6.45, 7) is 13.5. The van der Waals surface area contributed by atoms with Crippen molar-refractivity contribution in [2.24, 2.45) is 5.41 Å². The highest BCUT2D eigenvalue weighted by Gasteiger charge is 2.35. The van der Waals surface area contributed by atoms with Crippen molar-refractivity contribution < 1.29 is 14.3 Å². The summed E-state index contributed by atoms with van der Waals surface area (Å²) in [5.41, 5.74) is 0.670. The van der Waals surface area contributed by atoms with Gasteiger partial charge < -0.3 is 14.4 Å². The fourth-order valence-corrected chi connectivity index (χ4v) is 2.77. The highest BCUT2D eigenvalue weighted by atomic mass is 16.5. The molecule has 1 aromatic carbocycles. The Hall–Kier alpha value is -1.55. The number of fused-ring (bicyclic) bond motifs is 1. The van der Waals surface area contributed by atoms with Gasteiger partial charge in [-0.25, -0.2) is 0 Å². The van der Waals surface area contributed by atoms with Crippen LogP contribution in [0.25, 0.3) is 0 Å². The number of ketones is 1. The van der Waals surface area contributed by atoms with E-state index in [-0.39, 0.29) is 29.4 Å². The number of benzene rings is 1.